The minimum atomic E-state index is -0.385. The highest BCUT2D eigenvalue weighted by Crippen LogP contribution is 2.33. The summed E-state index contributed by atoms with van der Waals surface area (Å²) in [5.41, 5.74) is 6.50. The molecule has 0 saturated carbocycles. The zero-order valence-corrected chi connectivity index (χ0v) is 14.4. The molecule has 0 saturated heterocycles. The van der Waals surface area contributed by atoms with E-state index in [0.29, 0.717) is 37.8 Å². The van der Waals surface area contributed by atoms with Gasteiger partial charge in [-0.05, 0) is 19.1 Å². The molecule has 2 aromatic rings. The number of nitrogens with zero attached hydrogens (tertiary/aromatic N) is 1. The minimum Gasteiger partial charge on any atom is -0.360 e. The Morgan fingerprint density at radius 1 is 1.23 bits per heavy atom. The largest absolute Gasteiger partial charge is 0.360 e. The SMILES string of the molecule is Cc1noc(C(C)C)c1C(=O)NNc1c(Cl)cc(Cl)cc1Cl. The Morgan fingerprint density at radius 2 is 1.82 bits per heavy atom. The van der Waals surface area contributed by atoms with E-state index in [1.54, 1.807) is 6.92 Å². The molecule has 1 amide bonds. The highest BCUT2D eigenvalue weighted by Gasteiger charge is 2.22. The van der Waals surface area contributed by atoms with E-state index in [1.807, 2.05) is 13.8 Å². The van der Waals surface area contributed by atoms with Gasteiger partial charge < -0.3 is 4.52 Å². The fourth-order valence-electron chi connectivity index (χ4n) is 1.90. The first kappa shape index (κ1) is 16.9. The molecule has 0 radical (unpaired) electrons. The third kappa shape index (κ3) is 3.48. The van der Waals surface area contributed by atoms with Crippen molar-refractivity contribution in [2.24, 2.45) is 0 Å². The Hall–Kier alpha value is -1.43. The van der Waals surface area contributed by atoms with Crippen LogP contribution in [0.25, 0.3) is 0 Å². The van der Waals surface area contributed by atoms with Crippen LogP contribution in [0.15, 0.2) is 16.7 Å². The number of rotatable bonds is 4. The zero-order chi connectivity index (χ0) is 16.4. The Morgan fingerprint density at radius 3 is 2.36 bits per heavy atom. The summed E-state index contributed by atoms with van der Waals surface area (Å²) < 4.78 is 5.19. The Kier molecular flexibility index (Phi) is 5.21. The van der Waals surface area contributed by atoms with Gasteiger partial charge in [-0.2, -0.15) is 0 Å². The summed E-state index contributed by atoms with van der Waals surface area (Å²) in [7, 11) is 0. The van der Waals surface area contributed by atoms with Crippen LogP contribution in [-0.4, -0.2) is 11.1 Å². The number of amides is 1. The van der Waals surface area contributed by atoms with Crippen LogP contribution in [0.4, 0.5) is 5.69 Å². The molecule has 0 unspecified atom stereocenters. The van der Waals surface area contributed by atoms with Crippen LogP contribution in [0.1, 0.15) is 41.6 Å². The van der Waals surface area contributed by atoms with E-state index in [4.69, 9.17) is 39.3 Å². The predicted octanol–water partition coefficient (Wildman–Crippen LogP) is 4.82. The molecular formula is C14H14Cl3N3O2. The molecule has 0 aliphatic carbocycles. The molecule has 2 rings (SSSR count). The molecule has 0 fully saturated rings. The molecule has 0 atom stereocenters. The second-order valence-corrected chi connectivity index (χ2v) is 6.24. The van der Waals surface area contributed by atoms with Gasteiger partial charge >= 0.3 is 0 Å². The molecule has 2 N–H and O–H groups in total. The van der Waals surface area contributed by atoms with Crippen molar-refractivity contribution >= 4 is 46.4 Å². The summed E-state index contributed by atoms with van der Waals surface area (Å²) in [5, 5.41) is 4.82. The number of aromatic nitrogens is 1. The van der Waals surface area contributed by atoms with Crippen molar-refractivity contribution in [3.63, 3.8) is 0 Å². The monoisotopic (exact) mass is 361 g/mol. The number of aryl methyl sites for hydroxylation is 1. The van der Waals surface area contributed by atoms with Gasteiger partial charge in [0.25, 0.3) is 5.91 Å². The van der Waals surface area contributed by atoms with Crippen molar-refractivity contribution in [3.05, 3.63) is 44.2 Å². The average molecular weight is 363 g/mol. The lowest BCUT2D eigenvalue weighted by molar-refractivity contribution is 0.0959. The Balaban J connectivity index is 2.20. The van der Waals surface area contributed by atoms with Gasteiger partial charge in [0, 0.05) is 10.9 Å². The van der Waals surface area contributed by atoms with Crippen molar-refractivity contribution in [1.82, 2.24) is 10.6 Å². The zero-order valence-electron chi connectivity index (χ0n) is 12.1. The van der Waals surface area contributed by atoms with Gasteiger partial charge in [-0.3, -0.25) is 15.6 Å². The molecule has 0 aliphatic rings. The highest BCUT2D eigenvalue weighted by atomic mass is 35.5. The third-order valence-electron chi connectivity index (χ3n) is 2.95. The summed E-state index contributed by atoms with van der Waals surface area (Å²) in [4.78, 5) is 12.3. The number of benzene rings is 1. The second-order valence-electron chi connectivity index (χ2n) is 4.99. The topological polar surface area (TPSA) is 67.2 Å². The maximum absolute atomic E-state index is 12.3. The first-order chi connectivity index (χ1) is 10.3. The van der Waals surface area contributed by atoms with Gasteiger partial charge in [-0.1, -0.05) is 53.8 Å². The van der Waals surface area contributed by atoms with Crippen molar-refractivity contribution in [1.29, 1.82) is 0 Å². The number of anilines is 1. The fraction of sp³-hybridized carbons (Fsp3) is 0.286. The second kappa shape index (κ2) is 6.77. The lowest BCUT2D eigenvalue weighted by Crippen LogP contribution is -2.30. The molecule has 0 spiro atoms. The van der Waals surface area contributed by atoms with Gasteiger partial charge in [-0.25, -0.2) is 0 Å². The molecule has 8 heteroatoms. The summed E-state index contributed by atoms with van der Waals surface area (Å²) >= 11 is 17.9. The van der Waals surface area contributed by atoms with E-state index >= 15 is 0 Å². The Bertz CT molecular complexity index is 690. The quantitative estimate of drug-likeness (QED) is 0.765. The van der Waals surface area contributed by atoms with Gasteiger partial charge in [0.15, 0.2) is 5.76 Å². The molecule has 22 heavy (non-hydrogen) atoms. The van der Waals surface area contributed by atoms with E-state index in [2.05, 4.69) is 16.0 Å². The summed E-state index contributed by atoms with van der Waals surface area (Å²) in [6.07, 6.45) is 0. The van der Waals surface area contributed by atoms with Crippen molar-refractivity contribution < 1.29 is 9.32 Å². The van der Waals surface area contributed by atoms with Crippen LogP contribution in [0, 0.1) is 6.92 Å². The first-order valence-corrected chi connectivity index (χ1v) is 7.61. The molecule has 5 nitrogen and oxygen atoms in total. The minimum absolute atomic E-state index is 0.0321. The molecule has 0 aliphatic heterocycles. The predicted molar refractivity (Wildman–Crippen MR) is 87.9 cm³/mol. The lowest BCUT2D eigenvalue weighted by Gasteiger charge is -2.12. The van der Waals surface area contributed by atoms with E-state index < -0.39 is 0 Å². The molecule has 1 aromatic carbocycles. The number of hydrazine groups is 1. The first-order valence-electron chi connectivity index (χ1n) is 6.48. The van der Waals surface area contributed by atoms with E-state index in [0.717, 1.165) is 0 Å². The molecule has 1 heterocycles. The van der Waals surface area contributed by atoms with Gasteiger partial charge in [0.1, 0.15) is 5.56 Å². The summed E-state index contributed by atoms with van der Waals surface area (Å²) in [6, 6.07) is 3.04. The van der Waals surface area contributed by atoms with Crippen molar-refractivity contribution in [3.8, 4) is 0 Å². The van der Waals surface area contributed by atoms with E-state index in [1.165, 1.54) is 12.1 Å². The fourth-order valence-corrected chi connectivity index (χ4v) is 2.81. The van der Waals surface area contributed by atoms with Crippen LogP contribution in [0.5, 0.6) is 0 Å². The maximum atomic E-state index is 12.3. The summed E-state index contributed by atoms with van der Waals surface area (Å²) in [5.74, 6) is 0.166. The van der Waals surface area contributed by atoms with E-state index in [-0.39, 0.29) is 11.8 Å². The number of hydrogen-bond donors (Lipinski definition) is 2. The third-order valence-corrected chi connectivity index (χ3v) is 3.76. The maximum Gasteiger partial charge on any atom is 0.275 e. The van der Waals surface area contributed by atoms with Crippen molar-refractivity contribution in [2.45, 2.75) is 26.7 Å². The number of carbonyl (C=O) groups excluding carboxylic acids is 1. The van der Waals surface area contributed by atoms with Crippen LogP contribution >= 0.6 is 34.8 Å². The van der Waals surface area contributed by atoms with Crippen LogP contribution < -0.4 is 10.9 Å². The number of hydrogen-bond acceptors (Lipinski definition) is 4. The molecule has 1 aromatic heterocycles. The molecule has 0 bridgehead atoms. The van der Waals surface area contributed by atoms with Gasteiger partial charge in [0.05, 0.1) is 21.4 Å². The number of halogens is 3. The van der Waals surface area contributed by atoms with Gasteiger partial charge in [-0.15, -0.1) is 0 Å². The summed E-state index contributed by atoms with van der Waals surface area (Å²) in [6.45, 7) is 5.53. The van der Waals surface area contributed by atoms with Crippen LogP contribution in [-0.2, 0) is 0 Å². The molecular weight excluding hydrogens is 349 g/mol. The number of carbonyl (C=O) groups is 1. The standard InChI is InChI=1S/C14H14Cl3N3O2/c1-6(2)13-11(7(3)20-22-13)14(21)19-18-12-9(16)4-8(15)5-10(12)17/h4-6,18H,1-3H3,(H,19,21). The van der Waals surface area contributed by atoms with E-state index in [9.17, 15) is 4.79 Å². The average Bonchev–Trinajstić information content (AvgIpc) is 2.79. The molecule has 118 valence electrons. The smallest absolute Gasteiger partial charge is 0.275 e. The van der Waals surface area contributed by atoms with Gasteiger partial charge in [0.2, 0.25) is 0 Å². The van der Waals surface area contributed by atoms with Crippen LogP contribution in [0.3, 0.4) is 0 Å². The highest BCUT2D eigenvalue weighted by molar-refractivity contribution is 6.41. The lowest BCUT2D eigenvalue weighted by atomic mass is 10.0. The normalized spacial score (nSPS) is 10.9. The van der Waals surface area contributed by atoms with Crippen molar-refractivity contribution in [2.75, 3.05) is 5.43 Å². The van der Waals surface area contributed by atoms with Crippen LogP contribution in [0.2, 0.25) is 15.1 Å². The Labute approximate surface area is 142 Å². The number of nitrogens with one attached hydrogen (secondary N) is 2.